The van der Waals surface area contributed by atoms with Gasteiger partial charge in [-0.25, -0.2) is 0 Å². The first-order valence-electron chi connectivity index (χ1n) is 6.55. The SMILES string of the molecule is CCC(C)C(=O)CN1CCC(C(=O)NC)CC1. The van der Waals surface area contributed by atoms with Crippen LogP contribution in [-0.2, 0) is 9.59 Å². The first kappa shape index (κ1) is 14.2. The Hall–Kier alpha value is -0.900. The molecule has 0 radical (unpaired) electrons. The van der Waals surface area contributed by atoms with Crippen LogP contribution >= 0.6 is 0 Å². The normalized spacial score (nSPS) is 19.9. The molecule has 1 saturated heterocycles. The molecule has 1 heterocycles. The number of amides is 1. The maximum absolute atomic E-state index is 11.8. The Morgan fingerprint density at radius 3 is 2.41 bits per heavy atom. The fourth-order valence-electron chi connectivity index (χ4n) is 2.16. The van der Waals surface area contributed by atoms with E-state index in [9.17, 15) is 9.59 Å². The van der Waals surface area contributed by atoms with Gasteiger partial charge in [0.2, 0.25) is 5.91 Å². The minimum atomic E-state index is 0.134. The van der Waals surface area contributed by atoms with Gasteiger partial charge in [-0.2, -0.15) is 0 Å². The van der Waals surface area contributed by atoms with Crippen LogP contribution in [-0.4, -0.2) is 43.3 Å². The average Bonchev–Trinajstić information content (AvgIpc) is 2.37. The lowest BCUT2D eigenvalue weighted by Crippen LogP contribution is -2.42. The van der Waals surface area contributed by atoms with E-state index in [2.05, 4.69) is 10.2 Å². The van der Waals surface area contributed by atoms with Gasteiger partial charge >= 0.3 is 0 Å². The summed E-state index contributed by atoms with van der Waals surface area (Å²) in [5, 5.41) is 2.69. The summed E-state index contributed by atoms with van der Waals surface area (Å²) in [6, 6.07) is 0. The van der Waals surface area contributed by atoms with Gasteiger partial charge in [-0.3, -0.25) is 14.5 Å². The molecule has 17 heavy (non-hydrogen) atoms. The quantitative estimate of drug-likeness (QED) is 0.781. The van der Waals surface area contributed by atoms with Gasteiger partial charge in [0.1, 0.15) is 5.78 Å². The van der Waals surface area contributed by atoms with Crippen molar-refractivity contribution in [3.8, 4) is 0 Å². The summed E-state index contributed by atoms with van der Waals surface area (Å²) >= 11 is 0. The van der Waals surface area contributed by atoms with Crippen molar-refractivity contribution >= 4 is 11.7 Å². The molecule has 98 valence electrons. The molecule has 1 N–H and O–H groups in total. The number of hydrogen-bond acceptors (Lipinski definition) is 3. The maximum atomic E-state index is 11.8. The minimum absolute atomic E-state index is 0.134. The number of carbonyl (C=O) groups is 2. The zero-order valence-electron chi connectivity index (χ0n) is 11.2. The van der Waals surface area contributed by atoms with E-state index in [4.69, 9.17) is 0 Å². The highest BCUT2D eigenvalue weighted by atomic mass is 16.1. The molecular formula is C13H24N2O2. The summed E-state index contributed by atoms with van der Waals surface area (Å²) in [5.41, 5.74) is 0. The molecule has 4 nitrogen and oxygen atoms in total. The Morgan fingerprint density at radius 2 is 1.94 bits per heavy atom. The minimum Gasteiger partial charge on any atom is -0.359 e. The van der Waals surface area contributed by atoms with Gasteiger partial charge in [0.25, 0.3) is 0 Å². The number of nitrogens with zero attached hydrogens (tertiary/aromatic N) is 1. The third kappa shape index (κ3) is 4.11. The molecule has 0 bridgehead atoms. The van der Waals surface area contributed by atoms with Crippen molar-refractivity contribution in [3.05, 3.63) is 0 Å². The summed E-state index contributed by atoms with van der Waals surface area (Å²) in [7, 11) is 1.68. The highest BCUT2D eigenvalue weighted by Gasteiger charge is 2.25. The molecule has 1 atom stereocenters. The molecule has 0 aromatic rings. The predicted molar refractivity (Wildman–Crippen MR) is 67.7 cm³/mol. The third-order valence-corrected chi connectivity index (χ3v) is 3.75. The molecule has 0 aromatic heterocycles. The molecule has 1 aliphatic rings. The Morgan fingerprint density at radius 1 is 1.35 bits per heavy atom. The van der Waals surface area contributed by atoms with E-state index < -0.39 is 0 Å². The van der Waals surface area contributed by atoms with Crippen molar-refractivity contribution in [2.75, 3.05) is 26.7 Å². The number of nitrogens with one attached hydrogen (secondary N) is 1. The van der Waals surface area contributed by atoms with E-state index in [0.29, 0.717) is 12.3 Å². The second kappa shape index (κ2) is 6.74. The number of hydrogen-bond donors (Lipinski definition) is 1. The molecule has 0 saturated carbocycles. The molecule has 0 aliphatic carbocycles. The van der Waals surface area contributed by atoms with Crippen LogP contribution in [0.15, 0.2) is 0 Å². The van der Waals surface area contributed by atoms with Crippen LogP contribution in [0.4, 0.5) is 0 Å². The van der Waals surface area contributed by atoms with Crippen LogP contribution in [0.1, 0.15) is 33.1 Å². The Kier molecular flexibility index (Phi) is 5.62. The summed E-state index contributed by atoms with van der Waals surface area (Å²) in [4.78, 5) is 25.4. The van der Waals surface area contributed by atoms with E-state index >= 15 is 0 Å². The number of Topliss-reactive ketones (excluding diaryl/α,β-unsaturated/α-hetero) is 1. The van der Waals surface area contributed by atoms with Crippen LogP contribution < -0.4 is 5.32 Å². The van der Waals surface area contributed by atoms with Crippen LogP contribution in [0.3, 0.4) is 0 Å². The lowest BCUT2D eigenvalue weighted by Gasteiger charge is -2.31. The van der Waals surface area contributed by atoms with Gasteiger partial charge in [0, 0.05) is 18.9 Å². The number of ketones is 1. The summed E-state index contributed by atoms with van der Waals surface area (Å²) in [5.74, 6) is 0.755. The fraction of sp³-hybridized carbons (Fsp3) is 0.846. The van der Waals surface area contributed by atoms with E-state index in [0.717, 1.165) is 32.4 Å². The van der Waals surface area contributed by atoms with Gasteiger partial charge in [-0.05, 0) is 32.4 Å². The standard InChI is InChI=1S/C13H24N2O2/c1-4-10(2)12(16)9-15-7-5-11(6-8-15)13(17)14-3/h10-11H,4-9H2,1-3H3,(H,14,17). The van der Waals surface area contributed by atoms with Gasteiger partial charge in [-0.15, -0.1) is 0 Å². The summed E-state index contributed by atoms with van der Waals surface area (Å²) in [6.45, 7) is 6.30. The molecule has 1 fully saturated rings. The number of piperidine rings is 1. The maximum Gasteiger partial charge on any atom is 0.222 e. The van der Waals surface area contributed by atoms with Crippen molar-refractivity contribution in [2.24, 2.45) is 11.8 Å². The number of rotatable bonds is 5. The largest absolute Gasteiger partial charge is 0.359 e. The zero-order valence-corrected chi connectivity index (χ0v) is 11.2. The van der Waals surface area contributed by atoms with Gasteiger partial charge in [-0.1, -0.05) is 13.8 Å². The lowest BCUT2D eigenvalue weighted by atomic mass is 9.95. The van der Waals surface area contributed by atoms with Gasteiger partial charge in [0.05, 0.1) is 6.54 Å². The molecule has 4 heteroatoms. The van der Waals surface area contributed by atoms with Crippen LogP contribution in [0, 0.1) is 11.8 Å². The number of likely N-dealkylation sites (tertiary alicyclic amines) is 1. The summed E-state index contributed by atoms with van der Waals surface area (Å²) in [6.07, 6.45) is 2.65. The van der Waals surface area contributed by atoms with Crippen LogP contribution in [0.2, 0.25) is 0 Å². The average molecular weight is 240 g/mol. The van der Waals surface area contributed by atoms with Gasteiger partial charge < -0.3 is 5.32 Å². The van der Waals surface area contributed by atoms with E-state index in [-0.39, 0.29) is 17.7 Å². The molecule has 0 spiro atoms. The monoisotopic (exact) mass is 240 g/mol. The van der Waals surface area contributed by atoms with Crippen molar-refractivity contribution < 1.29 is 9.59 Å². The van der Waals surface area contributed by atoms with E-state index in [1.165, 1.54) is 0 Å². The fourth-order valence-corrected chi connectivity index (χ4v) is 2.16. The molecule has 0 aromatic carbocycles. The van der Waals surface area contributed by atoms with E-state index in [1.54, 1.807) is 7.05 Å². The van der Waals surface area contributed by atoms with Crippen molar-refractivity contribution in [2.45, 2.75) is 33.1 Å². The molecule has 1 amide bonds. The highest BCUT2D eigenvalue weighted by molar-refractivity contribution is 5.82. The highest BCUT2D eigenvalue weighted by Crippen LogP contribution is 2.17. The lowest BCUT2D eigenvalue weighted by molar-refractivity contribution is -0.126. The Labute approximate surface area is 104 Å². The van der Waals surface area contributed by atoms with Crippen molar-refractivity contribution in [1.29, 1.82) is 0 Å². The summed E-state index contributed by atoms with van der Waals surface area (Å²) < 4.78 is 0. The van der Waals surface area contributed by atoms with Crippen molar-refractivity contribution in [1.82, 2.24) is 10.2 Å². The first-order valence-corrected chi connectivity index (χ1v) is 6.55. The van der Waals surface area contributed by atoms with Gasteiger partial charge in [0.15, 0.2) is 0 Å². The molecule has 1 aliphatic heterocycles. The molecule has 1 unspecified atom stereocenters. The second-order valence-electron chi connectivity index (χ2n) is 4.94. The topological polar surface area (TPSA) is 49.4 Å². The van der Waals surface area contributed by atoms with Crippen LogP contribution in [0.25, 0.3) is 0 Å². The molecule has 1 rings (SSSR count). The van der Waals surface area contributed by atoms with E-state index in [1.807, 2.05) is 13.8 Å². The Bertz CT molecular complexity index is 271. The third-order valence-electron chi connectivity index (χ3n) is 3.75. The second-order valence-corrected chi connectivity index (χ2v) is 4.94. The Balaban J connectivity index is 2.32. The first-order chi connectivity index (χ1) is 8.08. The van der Waals surface area contributed by atoms with Crippen LogP contribution in [0.5, 0.6) is 0 Å². The van der Waals surface area contributed by atoms with Crippen molar-refractivity contribution in [3.63, 3.8) is 0 Å². The molecular weight excluding hydrogens is 216 g/mol. The zero-order chi connectivity index (χ0) is 12.8. The number of carbonyl (C=O) groups excluding carboxylic acids is 2. The smallest absolute Gasteiger partial charge is 0.222 e. The predicted octanol–water partition coefficient (Wildman–Crippen LogP) is 1.06.